The quantitative estimate of drug-likeness (QED) is 0.552. The number of nitriles is 1. The number of carbonyl (C=O) groups is 2. The monoisotopic (exact) mass is 350 g/mol. The molecule has 128 valence electrons. The minimum atomic E-state index is -3.50. The van der Waals surface area contributed by atoms with Crippen molar-refractivity contribution in [2.24, 2.45) is 0 Å². The van der Waals surface area contributed by atoms with E-state index in [4.69, 9.17) is 10.00 Å². The predicted octanol–water partition coefficient (Wildman–Crippen LogP) is 0.972. The average molecular weight is 350 g/mol. The number of carbonyl (C=O) groups excluding carboxylic acids is 2. The van der Waals surface area contributed by atoms with E-state index >= 15 is 0 Å². The van der Waals surface area contributed by atoms with Gasteiger partial charge in [0.05, 0.1) is 17.4 Å². The first kappa shape index (κ1) is 19.4. The second kappa shape index (κ2) is 8.84. The first-order chi connectivity index (χ1) is 11.3. The van der Waals surface area contributed by atoms with Gasteiger partial charge in [-0.25, -0.2) is 13.2 Å². The molecule has 24 heavy (non-hydrogen) atoms. The minimum Gasteiger partial charge on any atom is -0.449 e. The number of nitrogens with zero attached hydrogens (tertiary/aromatic N) is 1. The maximum atomic E-state index is 11.9. The Morgan fingerprint density at radius 3 is 2.54 bits per heavy atom. The second-order valence-electron chi connectivity index (χ2n) is 4.97. The van der Waals surface area contributed by atoms with E-state index in [0.29, 0.717) is 5.56 Å². The van der Waals surface area contributed by atoms with E-state index in [1.807, 2.05) is 0 Å². The fraction of sp³-hybridized carbons (Fsp3) is 0.312. The molecule has 0 saturated carbocycles. The van der Waals surface area contributed by atoms with E-state index < -0.39 is 33.6 Å². The third kappa shape index (κ3) is 6.22. The van der Waals surface area contributed by atoms with Crippen molar-refractivity contribution >= 4 is 21.7 Å². The van der Waals surface area contributed by atoms with E-state index in [-0.39, 0.29) is 17.9 Å². The van der Waals surface area contributed by atoms with Gasteiger partial charge in [-0.15, -0.1) is 6.58 Å². The van der Waals surface area contributed by atoms with E-state index in [0.717, 1.165) is 0 Å². The molecule has 0 bridgehead atoms. The van der Waals surface area contributed by atoms with Crippen molar-refractivity contribution in [3.05, 3.63) is 48.0 Å². The summed E-state index contributed by atoms with van der Waals surface area (Å²) in [5.74, 6) is -1.98. The summed E-state index contributed by atoms with van der Waals surface area (Å²) in [6, 6.07) is 7.35. The maximum Gasteiger partial charge on any atom is 0.338 e. The predicted molar refractivity (Wildman–Crippen MR) is 87.6 cm³/mol. The van der Waals surface area contributed by atoms with Crippen LogP contribution in [0.25, 0.3) is 0 Å². The van der Waals surface area contributed by atoms with Gasteiger partial charge in [-0.05, 0) is 24.6 Å². The molecule has 0 radical (unpaired) electrons. The maximum absolute atomic E-state index is 11.9. The number of rotatable bonds is 8. The molecule has 1 aromatic carbocycles. The highest BCUT2D eigenvalue weighted by molar-refractivity contribution is 7.90. The van der Waals surface area contributed by atoms with Gasteiger partial charge in [0.15, 0.2) is 15.9 Å². The summed E-state index contributed by atoms with van der Waals surface area (Å²) < 4.78 is 28.1. The number of nitrogens with one attached hydrogen (secondary N) is 1. The number of ether oxygens (including phenoxy) is 1. The molecule has 0 aliphatic rings. The summed E-state index contributed by atoms with van der Waals surface area (Å²) in [7, 11) is -3.50. The lowest BCUT2D eigenvalue weighted by Crippen LogP contribution is -2.35. The summed E-state index contributed by atoms with van der Waals surface area (Å²) in [6.07, 6.45) is 0.541. The molecule has 0 spiro atoms. The molecule has 1 N–H and O–H groups in total. The van der Waals surface area contributed by atoms with Crippen molar-refractivity contribution in [2.45, 2.75) is 18.8 Å². The molecule has 0 saturated heterocycles. The molecular weight excluding hydrogens is 332 g/mol. The van der Waals surface area contributed by atoms with Gasteiger partial charge in [0.1, 0.15) is 5.75 Å². The molecule has 1 amide bonds. The Labute approximate surface area is 140 Å². The van der Waals surface area contributed by atoms with Gasteiger partial charge < -0.3 is 10.1 Å². The number of benzene rings is 1. The standard InChI is InChI=1S/C16H18N2O5S/c1-3-9-18-15(19)12(2)23-16(20)14-6-4-13(5-7-14)11-24(21,22)10-8-17/h3-7,12H,1,9-11H2,2H3,(H,18,19)/t12-/m0/s1. The average Bonchev–Trinajstić information content (AvgIpc) is 2.52. The fourth-order valence-corrected chi connectivity index (χ4v) is 2.74. The first-order valence-electron chi connectivity index (χ1n) is 7.05. The minimum absolute atomic E-state index is 0.194. The normalized spacial score (nSPS) is 11.8. The molecule has 1 atom stereocenters. The molecule has 0 aliphatic carbocycles. The third-order valence-corrected chi connectivity index (χ3v) is 4.28. The number of sulfone groups is 1. The smallest absolute Gasteiger partial charge is 0.338 e. The summed E-state index contributed by atoms with van der Waals surface area (Å²) in [4.78, 5) is 23.6. The van der Waals surface area contributed by atoms with Crippen LogP contribution in [0.2, 0.25) is 0 Å². The van der Waals surface area contributed by atoms with Gasteiger partial charge >= 0.3 is 5.97 Å². The largest absolute Gasteiger partial charge is 0.449 e. The number of hydrogen-bond acceptors (Lipinski definition) is 6. The van der Waals surface area contributed by atoms with Crippen LogP contribution < -0.4 is 5.32 Å². The van der Waals surface area contributed by atoms with Gasteiger partial charge in [-0.1, -0.05) is 18.2 Å². The van der Waals surface area contributed by atoms with Crippen LogP contribution in [-0.2, 0) is 25.1 Å². The van der Waals surface area contributed by atoms with Crippen molar-refractivity contribution in [1.82, 2.24) is 5.32 Å². The topological polar surface area (TPSA) is 113 Å². The molecule has 0 fully saturated rings. The molecular formula is C16H18N2O5S. The summed E-state index contributed by atoms with van der Waals surface area (Å²) in [5, 5.41) is 11.0. The zero-order chi connectivity index (χ0) is 18.2. The first-order valence-corrected chi connectivity index (χ1v) is 8.87. The Morgan fingerprint density at radius 2 is 2.00 bits per heavy atom. The van der Waals surface area contributed by atoms with Gasteiger partial charge in [0, 0.05) is 6.54 Å². The highest BCUT2D eigenvalue weighted by Crippen LogP contribution is 2.11. The van der Waals surface area contributed by atoms with Gasteiger partial charge in [-0.2, -0.15) is 5.26 Å². The Hall–Kier alpha value is -2.66. The molecule has 0 heterocycles. The van der Waals surface area contributed by atoms with Crippen molar-refractivity contribution in [2.75, 3.05) is 12.3 Å². The highest BCUT2D eigenvalue weighted by Gasteiger charge is 2.18. The van der Waals surface area contributed by atoms with E-state index in [2.05, 4.69) is 11.9 Å². The molecule has 0 unspecified atom stereocenters. The zero-order valence-corrected chi connectivity index (χ0v) is 14.0. The summed E-state index contributed by atoms with van der Waals surface area (Å²) in [5.41, 5.74) is 0.651. The summed E-state index contributed by atoms with van der Waals surface area (Å²) in [6.45, 7) is 5.18. The van der Waals surface area contributed by atoms with Crippen LogP contribution in [0.3, 0.4) is 0 Å². The Kier molecular flexibility index (Phi) is 7.14. The second-order valence-corrected chi connectivity index (χ2v) is 7.03. The van der Waals surface area contributed by atoms with Crippen LogP contribution in [0, 0.1) is 11.3 Å². The van der Waals surface area contributed by atoms with Gasteiger partial charge in [0.2, 0.25) is 0 Å². The van der Waals surface area contributed by atoms with Gasteiger partial charge in [-0.3, -0.25) is 4.79 Å². The zero-order valence-electron chi connectivity index (χ0n) is 13.2. The fourth-order valence-electron chi connectivity index (χ4n) is 1.74. The SMILES string of the molecule is C=CCNC(=O)[C@H](C)OC(=O)c1ccc(CS(=O)(=O)CC#N)cc1. The van der Waals surface area contributed by atoms with Crippen LogP contribution >= 0.6 is 0 Å². The lowest BCUT2D eigenvalue weighted by Gasteiger charge is -2.12. The highest BCUT2D eigenvalue weighted by atomic mass is 32.2. The molecule has 0 aromatic heterocycles. The lowest BCUT2D eigenvalue weighted by molar-refractivity contribution is -0.128. The number of esters is 1. The molecule has 7 nitrogen and oxygen atoms in total. The van der Waals surface area contributed by atoms with E-state index in [1.165, 1.54) is 37.3 Å². The number of hydrogen-bond donors (Lipinski definition) is 1. The Balaban J connectivity index is 2.68. The van der Waals surface area contributed by atoms with Crippen LogP contribution in [0.1, 0.15) is 22.8 Å². The third-order valence-electron chi connectivity index (χ3n) is 2.93. The molecule has 1 rings (SSSR count). The molecule has 8 heteroatoms. The van der Waals surface area contributed by atoms with Crippen LogP contribution in [-0.4, -0.2) is 38.7 Å². The Bertz CT molecular complexity index is 748. The Morgan fingerprint density at radius 1 is 1.38 bits per heavy atom. The van der Waals surface area contributed by atoms with Crippen molar-refractivity contribution < 1.29 is 22.7 Å². The van der Waals surface area contributed by atoms with Crippen LogP contribution in [0.15, 0.2) is 36.9 Å². The van der Waals surface area contributed by atoms with Crippen LogP contribution in [0.4, 0.5) is 0 Å². The van der Waals surface area contributed by atoms with Gasteiger partial charge in [0.25, 0.3) is 5.91 Å². The molecule has 1 aromatic rings. The van der Waals surface area contributed by atoms with Crippen LogP contribution in [0.5, 0.6) is 0 Å². The van der Waals surface area contributed by atoms with Crippen molar-refractivity contribution in [3.8, 4) is 6.07 Å². The van der Waals surface area contributed by atoms with Crippen molar-refractivity contribution in [3.63, 3.8) is 0 Å². The molecule has 0 aliphatic heterocycles. The van der Waals surface area contributed by atoms with Crippen molar-refractivity contribution in [1.29, 1.82) is 5.26 Å². The number of amides is 1. The summed E-state index contributed by atoms with van der Waals surface area (Å²) >= 11 is 0. The lowest BCUT2D eigenvalue weighted by atomic mass is 10.1. The van der Waals surface area contributed by atoms with E-state index in [1.54, 1.807) is 6.07 Å². The van der Waals surface area contributed by atoms with E-state index in [9.17, 15) is 18.0 Å².